The first-order valence-electron chi connectivity index (χ1n) is 3.97. The zero-order valence-electron chi connectivity index (χ0n) is 7.32. The highest BCUT2D eigenvalue weighted by atomic mass is 35.5. The summed E-state index contributed by atoms with van der Waals surface area (Å²) in [5.74, 6) is 0.844. The number of H-pyrrole nitrogens is 1. The number of benzene rings is 1. The van der Waals surface area contributed by atoms with Gasteiger partial charge in [0, 0.05) is 0 Å². The highest BCUT2D eigenvalue weighted by Crippen LogP contribution is 2.13. The molecular formula is C9H12ClN3. The Morgan fingerprint density at radius 2 is 2.08 bits per heavy atom. The first-order chi connectivity index (χ1) is 5.77. The monoisotopic (exact) mass is 197 g/mol. The molecule has 1 heterocycles. The lowest BCUT2D eigenvalue weighted by molar-refractivity contribution is 0.760. The van der Waals surface area contributed by atoms with Crippen molar-refractivity contribution in [1.29, 1.82) is 0 Å². The minimum atomic E-state index is -0.0302. The maximum atomic E-state index is 5.68. The molecular weight excluding hydrogens is 186 g/mol. The van der Waals surface area contributed by atoms with E-state index in [0.29, 0.717) is 0 Å². The lowest BCUT2D eigenvalue weighted by Gasteiger charge is -1.96. The summed E-state index contributed by atoms with van der Waals surface area (Å²) in [6.45, 7) is 1.91. The molecule has 0 amide bonds. The molecule has 3 nitrogen and oxygen atoms in total. The number of nitrogens with one attached hydrogen (secondary N) is 1. The van der Waals surface area contributed by atoms with Crippen LogP contribution in [-0.4, -0.2) is 9.97 Å². The Hall–Kier alpha value is -1.06. The van der Waals surface area contributed by atoms with E-state index < -0.39 is 0 Å². The van der Waals surface area contributed by atoms with Gasteiger partial charge in [0.1, 0.15) is 5.82 Å². The van der Waals surface area contributed by atoms with E-state index in [1.807, 2.05) is 31.2 Å². The van der Waals surface area contributed by atoms with Crippen LogP contribution in [0.2, 0.25) is 0 Å². The van der Waals surface area contributed by atoms with Crippen molar-refractivity contribution in [3.63, 3.8) is 0 Å². The zero-order valence-corrected chi connectivity index (χ0v) is 8.14. The Labute approximate surface area is 82.8 Å². The van der Waals surface area contributed by atoms with Gasteiger partial charge in [0.25, 0.3) is 0 Å². The van der Waals surface area contributed by atoms with Crippen molar-refractivity contribution in [2.75, 3.05) is 0 Å². The first-order valence-corrected chi connectivity index (χ1v) is 3.97. The van der Waals surface area contributed by atoms with Crippen LogP contribution in [0.3, 0.4) is 0 Å². The summed E-state index contributed by atoms with van der Waals surface area (Å²) in [7, 11) is 0. The number of rotatable bonds is 1. The summed E-state index contributed by atoms with van der Waals surface area (Å²) in [5.41, 5.74) is 7.71. The van der Waals surface area contributed by atoms with Gasteiger partial charge in [-0.25, -0.2) is 4.98 Å². The number of nitrogens with zero attached hydrogens (tertiary/aromatic N) is 1. The van der Waals surface area contributed by atoms with Crippen LogP contribution in [0.4, 0.5) is 0 Å². The first kappa shape index (κ1) is 10.0. The van der Waals surface area contributed by atoms with Crippen LogP contribution in [0.15, 0.2) is 24.3 Å². The summed E-state index contributed by atoms with van der Waals surface area (Å²) >= 11 is 0. The Bertz CT molecular complexity index is 361. The second-order valence-electron chi connectivity index (χ2n) is 2.93. The molecule has 1 aromatic heterocycles. The van der Waals surface area contributed by atoms with Crippen LogP contribution in [-0.2, 0) is 0 Å². The van der Waals surface area contributed by atoms with Crippen LogP contribution in [0.25, 0.3) is 11.0 Å². The maximum Gasteiger partial charge on any atom is 0.123 e. The van der Waals surface area contributed by atoms with E-state index in [1.54, 1.807) is 0 Å². The van der Waals surface area contributed by atoms with E-state index in [4.69, 9.17) is 5.73 Å². The predicted molar refractivity (Wildman–Crippen MR) is 55.9 cm³/mol. The Balaban J connectivity index is 0.000000845. The summed E-state index contributed by atoms with van der Waals surface area (Å²) in [5, 5.41) is 0. The number of aromatic nitrogens is 2. The van der Waals surface area contributed by atoms with E-state index in [0.717, 1.165) is 16.9 Å². The molecule has 0 saturated heterocycles. The smallest absolute Gasteiger partial charge is 0.123 e. The van der Waals surface area contributed by atoms with Gasteiger partial charge in [0.05, 0.1) is 17.1 Å². The van der Waals surface area contributed by atoms with Crippen LogP contribution in [0.1, 0.15) is 18.8 Å². The van der Waals surface area contributed by atoms with Gasteiger partial charge in [-0.1, -0.05) is 12.1 Å². The molecule has 0 bridgehead atoms. The fraction of sp³-hybridized carbons (Fsp3) is 0.222. The molecule has 2 aromatic rings. The molecule has 3 N–H and O–H groups in total. The van der Waals surface area contributed by atoms with Gasteiger partial charge in [0.2, 0.25) is 0 Å². The SMILES string of the molecule is CC(N)c1nc2ccccc2[nH]1.Cl. The van der Waals surface area contributed by atoms with E-state index >= 15 is 0 Å². The second kappa shape index (κ2) is 3.77. The molecule has 0 aliphatic heterocycles. The minimum Gasteiger partial charge on any atom is -0.341 e. The highest BCUT2D eigenvalue weighted by Gasteiger charge is 2.04. The van der Waals surface area contributed by atoms with Crippen LogP contribution in [0.5, 0.6) is 0 Å². The number of imidazole rings is 1. The topological polar surface area (TPSA) is 54.7 Å². The molecule has 1 aromatic carbocycles. The van der Waals surface area contributed by atoms with Gasteiger partial charge < -0.3 is 10.7 Å². The summed E-state index contributed by atoms with van der Waals surface area (Å²) < 4.78 is 0. The van der Waals surface area contributed by atoms with Gasteiger partial charge >= 0.3 is 0 Å². The molecule has 4 heteroatoms. The number of fused-ring (bicyclic) bond motifs is 1. The molecule has 2 rings (SSSR count). The van der Waals surface area contributed by atoms with Crippen molar-refractivity contribution in [3.05, 3.63) is 30.1 Å². The molecule has 0 saturated carbocycles. The van der Waals surface area contributed by atoms with Gasteiger partial charge in [-0.2, -0.15) is 0 Å². The molecule has 1 atom stereocenters. The van der Waals surface area contributed by atoms with E-state index in [9.17, 15) is 0 Å². The molecule has 0 spiro atoms. The molecule has 0 radical (unpaired) electrons. The molecule has 0 aliphatic rings. The average Bonchev–Trinajstić information content (AvgIpc) is 2.46. The standard InChI is InChI=1S/C9H11N3.ClH/c1-6(10)9-11-7-4-2-3-5-8(7)12-9;/h2-6H,10H2,1H3,(H,11,12);1H. The largest absolute Gasteiger partial charge is 0.341 e. The van der Waals surface area contributed by atoms with E-state index in [2.05, 4.69) is 9.97 Å². The second-order valence-corrected chi connectivity index (χ2v) is 2.93. The number of hydrogen-bond acceptors (Lipinski definition) is 2. The van der Waals surface area contributed by atoms with Gasteiger partial charge in [-0.05, 0) is 19.1 Å². The third-order valence-electron chi connectivity index (χ3n) is 1.84. The van der Waals surface area contributed by atoms with Crippen molar-refractivity contribution < 1.29 is 0 Å². The Kier molecular flexibility index (Phi) is 2.90. The summed E-state index contributed by atoms with van der Waals surface area (Å²) in [6.07, 6.45) is 0. The fourth-order valence-corrected chi connectivity index (χ4v) is 1.19. The minimum absolute atomic E-state index is 0. The van der Waals surface area contributed by atoms with Gasteiger partial charge in [0.15, 0.2) is 0 Å². The van der Waals surface area contributed by atoms with Crippen LogP contribution >= 0.6 is 12.4 Å². The third-order valence-corrected chi connectivity index (χ3v) is 1.84. The van der Waals surface area contributed by atoms with Gasteiger partial charge in [-0.15, -0.1) is 12.4 Å². The quantitative estimate of drug-likeness (QED) is 0.735. The fourth-order valence-electron chi connectivity index (χ4n) is 1.19. The number of para-hydroxylation sites is 2. The van der Waals surface area contributed by atoms with Crippen molar-refractivity contribution in [2.45, 2.75) is 13.0 Å². The summed E-state index contributed by atoms with van der Waals surface area (Å²) in [6, 6.07) is 7.88. The average molecular weight is 198 g/mol. The van der Waals surface area contributed by atoms with Crippen molar-refractivity contribution in [3.8, 4) is 0 Å². The molecule has 13 heavy (non-hydrogen) atoms. The molecule has 70 valence electrons. The predicted octanol–water partition coefficient (Wildman–Crippen LogP) is 2.00. The maximum absolute atomic E-state index is 5.68. The lowest BCUT2D eigenvalue weighted by Crippen LogP contribution is -2.06. The van der Waals surface area contributed by atoms with E-state index in [1.165, 1.54) is 0 Å². The van der Waals surface area contributed by atoms with Crippen molar-refractivity contribution in [2.24, 2.45) is 5.73 Å². The normalized spacial score (nSPS) is 12.5. The number of halogens is 1. The van der Waals surface area contributed by atoms with Crippen LogP contribution in [0, 0.1) is 0 Å². The Morgan fingerprint density at radius 1 is 1.38 bits per heavy atom. The Morgan fingerprint density at radius 3 is 2.69 bits per heavy atom. The summed E-state index contributed by atoms with van der Waals surface area (Å²) in [4.78, 5) is 7.49. The van der Waals surface area contributed by atoms with Crippen LogP contribution < -0.4 is 5.73 Å². The lowest BCUT2D eigenvalue weighted by atomic mass is 10.3. The zero-order chi connectivity index (χ0) is 8.55. The third kappa shape index (κ3) is 1.82. The number of aromatic amines is 1. The highest BCUT2D eigenvalue weighted by molar-refractivity contribution is 5.85. The number of nitrogens with two attached hydrogens (primary N) is 1. The molecule has 0 aliphatic carbocycles. The molecule has 0 fully saturated rings. The number of hydrogen-bond donors (Lipinski definition) is 2. The molecule has 1 unspecified atom stereocenters. The van der Waals surface area contributed by atoms with Gasteiger partial charge in [-0.3, -0.25) is 0 Å². The van der Waals surface area contributed by atoms with E-state index in [-0.39, 0.29) is 18.4 Å². The van der Waals surface area contributed by atoms with Crippen molar-refractivity contribution >= 4 is 23.4 Å². The van der Waals surface area contributed by atoms with Crippen molar-refractivity contribution in [1.82, 2.24) is 9.97 Å².